The first-order valence-corrected chi connectivity index (χ1v) is 5.69. The highest BCUT2D eigenvalue weighted by Crippen LogP contribution is 2.32. The summed E-state index contributed by atoms with van der Waals surface area (Å²) in [4.78, 5) is 12.6. The Labute approximate surface area is 110 Å². The highest BCUT2D eigenvalue weighted by atomic mass is 35.5. The van der Waals surface area contributed by atoms with Crippen LogP contribution in [0.5, 0.6) is 5.75 Å². The molecule has 8 heteroatoms. The van der Waals surface area contributed by atoms with Gasteiger partial charge in [0.05, 0.1) is 11.1 Å². The van der Waals surface area contributed by atoms with Crippen molar-refractivity contribution in [1.82, 2.24) is 0 Å². The van der Waals surface area contributed by atoms with Gasteiger partial charge in [0.15, 0.2) is 0 Å². The molecule has 1 aliphatic heterocycles. The summed E-state index contributed by atoms with van der Waals surface area (Å²) in [5.74, 6) is -1.84. The predicted molar refractivity (Wildman–Crippen MR) is 59.7 cm³/mol. The second-order valence-corrected chi connectivity index (χ2v) is 4.58. The Morgan fingerprint density at radius 2 is 2.05 bits per heavy atom. The van der Waals surface area contributed by atoms with Crippen LogP contribution in [-0.2, 0) is 4.79 Å². The Kier molecular flexibility index (Phi) is 3.58. The highest BCUT2D eigenvalue weighted by Gasteiger charge is 2.33. The molecule has 1 fully saturated rings. The maximum absolute atomic E-state index is 13.6. The van der Waals surface area contributed by atoms with E-state index < -0.39 is 29.2 Å². The molecule has 1 atom stereocenters. The third kappa shape index (κ3) is 3.28. The van der Waals surface area contributed by atoms with Gasteiger partial charge in [-0.2, -0.15) is 0 Å². The van der Waals surface area contributed by atoms with E-state index in [-0.39, 0.29) is 18.7 Å². The van der Waals surface area contributed by atoms with Crippen molar-refractivity contribution in [3.8, 4) is 5.75 Å². The largest absolute Gasteiger partial charge is 0.573 e. The number of alkyl halides is 4. The van der Waals surface area contributed by atoms with Gasteiger partial charge in [-0.25, -0.2) is 4.39 Å². The summed E-state index contributed by atoms with van der Waals surface area (Å²) in [5.41, 5.74) is -0.269. The third-order valence-electron chi connectivity index (χ3n) is 2.52. The van der Waals surface area contributed by atoms with Crippen molar-refractivity contribution in [2.45, 2.75) is 18.2 Å². The van der Waals surface area contributed by atoms with Crippen molar-refractivity contribution in [2.75, 3.05) is 11.4 Å². The van der Waals surface area contributed by atoms with Gasteiger partial charge in [-0.3, -0.25) is 4.79 Å². The summed E-state index contributed by atoms with van der Waals surface area (Å²) >= 11 is 5.75. The molecule has 1 aliphatic rings. The molecule has 0 N–H and O–H groups in total. The van der Waals surface area contributed by atoms with Gasteiger partial charge in [0.2, 0.25) is 5.91 Å². The van der Waals surface area contributed by atoms with Crippen molar-refractivity contribution in [2.24, 2.45) is 0 Å². The average Bonchev–Trinajstić information content (AvgIpc) is 2.58. The van der Waals surface area contributed by atoms with Crippen LogP contribution in [0.15, 0.2) is 18.2 Å². The molecular weight excluding hydrogens is 290 g/mol. The molecule has 19 heavy (non-hydrogen) atoms. The lowest BCUT2D eigenvalue weighted by molar-refractivity contribution is -0.274. The minimum absolute atomic E-state index is 0.0192. The predicted octanol–water partition coefficient (Wildman–Crippen LogP) is 3.07. The smallest absolute Gasteiger partial charge is 0.406 e. The molecule has 0 bridgehead atoms. The van der Waals surface area contributed by atoms with E-state index in [4.69, 9.17) is 11.6 Å². The second-order valence-electron chi connectivity index (χ2n) is 3.97. The maximum atomic E-state index is 13.6. The van der Waals surface area contributed by atoms with E-state index in [2.05, 4.69) is 4.74 Å². The monoisotopic (exact) mass is 297 g/mol. The molecule has 0 aromatic heterocycles. The van der Waals surface area contributed by atoms with Crippen LogP contribution < -0.4 is 9.64 Å². The van der Waals surface area contributed by atoms with Gasteiger partial charge in [0.25, 0.3) is 0 Å². The number of amides is 1. The number of ether oxygens (including phenoxy) is 1. The Bertz CT molecular complexity index is 506. The minimum atomic E-state index is -4.88. The molecule has 0 aliphatic carbocycles. The fraction of sp³-hybridized carbons (Fsp3) is 0.364. The topological polar surface area (TPSA) is 29.5 Å². The van der Waals surface area contributed by atoms with Crippen molar-refractivity contribution in [3.05, 3.63) is 24.0 Å². The first-order chi connectivity index (χ1) is 8.76. The van der Waals surface area contributed by atoms with E-state index in [0.717, 1.165) is 23.1 Å². The molecule has 1 heterocycles. The molecule has 1 aromatic rings. The number of carbonyl (C=O) groups is 1. The van der Waals surface area contributed by atoms with Crippen LogP contribution in [0.4, 0.5) is 23.2 Å². The number of rotatable bonds is 2. The molecule has 1 saturated heterocycles. The number of hydrogen-bond acceptors (Lipinski definition) is 2. The van der Waals surface area contributed by atoms with Crippen molar-refractivity contribution in [1.29, 1.82) is 0 Å². The molecule has 104 valence electrons. The van der Waals surface area contributed by atoms with E-state index in [1.165, 1.54) is 0 Å². The second kappa shape index (κ2) is 4.88. The lowest BCUT2D eigenvalue weighted by Crippen LogP contribution is -2.26. The molecule has 0 saturated carbocycles. The lowest BCUT2D eigenvalue weighted by atomic mass is 10.2. The van der Waals surface area contributed by atoms with Crippen LogP contribution in [-0.4, -0.2) is 24.2 Å². The van der Waals surface area contributed by atoms with Crippen LogP contribution in [0.2, 0.25) is 0 Å². The van der Waals surface area contributed by atoms with Gasteiger partial charge in [-0.05, 0) is 12.1 Å². The van der Waals surface area contributed by atoms with Crippen LogP contribution in [0, 0.1) is 5.82 Å². The van der Waals surface area contributed by atoms with Gasteiger partial charge < -0.3 is 9.64 Å². The van der Waals surface area contributed by atoms with E-state index in [1.807, 2.05) is 0 Å². The average molecular weight is 298 g/mol. The number of carbonyl (C=O) groups excluding carboxylic acids is 1. The molecule has 2 rings (SSSR count). The number of nitrogens with zero attached hydrogens (tertiary/aromatic N) is 1. The highest BCUT2D eigenvalue weighted by molar-refractivity contribution is 6.24. The van der Waals surface area contributed by atoms with Crippen LogP contribution in [0.3, 0.4) is 0 Å². The zero-order valence-electron chi connectivity index (χ0n) is 9.38. The number of anilines is 1. The molecular formula is C11H8ClF4NO2. The van der Waals surface area contributed by atoms with E-state index in [0.29, 0.717) is 0 Å². The zero-order chi connectivity index (χ0) is 14.2. The number of halogens is 5. The van der Waals surface area contributed by atoms with E-state index >= 15 is 0 Å². The van der Waals surface area contributed by atoms with Gasteiger partial charge >= 0.3 is 6.36 Å². The maximum Gasteiger partial charge on any atom is 0.573 e. The summed E-state index contributed by atoms with van der Waals surface area (Å²) in [6.45, 7) is 0.0484. The summed E-state index contributed by atoms with van der Waals surface area (Å²) in [6.07, 6.45) is -4.86. The van der Waals surface area contributed by atoms with Crippen LogP contribution >= 0.6 is 11.6 Å². The van der Waals surface area contributed by atoms with Crippen molar-refractivity contribution < 1.29 is 27.1 Å². The quantitative estimate of drug-likeness (QED) is 0.620. The third-order valence-corrected chi connectivity index (χ3v) is 2.81. The van der Waals surface area contributed by atoms with Crippen LogP contribution in [0.1, 0.15) is 6.42 Å². The number of hydrogen-bond donors (Lipinski definition) is 0. The SMILES string of the molecule is O=C1CC(Cl)CN1c1cc(OC(F)(F)F)ccc1F. The van der Waals surface area contributed by atoms with Crippen molar-refractivity contribution >= 4 is 23.2 Å². The summed E-state index contributed by atoms with van der Waals surface area (Å²) in [5, 5.41) is -0.487. The molecule has 1 amide bonds. The number of benzene rings is 1. The van der Waals surface area contributed by atoms with Gasteiger partial charge in [0, 0.05) is 19.0 Å². The Morgan fingerprint density at radius 1 is 1.37 bits per heavy atom. The Hall–Kier alpha value is -1.50. The zero-order valence-corrected chi connectivity index (χ0v) is 10.1. The van der Waals surface area contributed by atoms with Crippen LogP contribution in [0.25, 0.3) is 0 Å². The lowest BCUT2D eigenvalue weighted by Gasteiger charge is -2.18. The molecule has 1 unspecified atom stereocenters. The van der Waals surface area contributed by atoms with Gasteiger partial charge in [0.1, 0.15) is 11.6 Å². The van der Waals surface area contributed by atoms with E-state index in [9.17, 15) is 22.4 Å². The standard InChI is InChI=1S/C11H8ClF4NO2/c12-6-3-10(18)17(5-6)9-4-7(1-2-8(9)13)19-11(14,15)16/h1-2,4,6H,3,5H2. The minimum Gasteiger partial charge on any atom is -0.406 e. The Balaban J connectivity index is 2.30. The molecule has 3 nitrogen and oxygen atoms in total. The first kappa shape index (κ1) is 13.9. The fourth-order valence-electron chi connectivity index (χ4n) is 1.79. The van der Waals surface area contributed by atoms with Crippen molar-refractivity contribution in [3.63, 3.8) is 0 Å². The first-order valence-electron chi connectivity index (χ1n) is 5.26. The normalized spacial score (nSPS) is 19.9. The molecule has 0 spiro atoms. The Morgan fingerprint density at radius 3 is 2.58 bits per heavy atom. The molecule has 1 aromatic carbocycles. The fourth-order valence-corrected chi connectivity index (χ4v) is 2.06. The van der Waals surface area contributed by atoms with Gasteiger partial charge in [-0.1, -0.05) is 0 Å². The summed E-state index contributed by atoms with van der Waals surface area (Å²) < 4.78 is 53.5. The summed E-state index contributed by atoms with van der Waals surface area (Å²) in [6, 6.07) is 2.48. The molecule has 0 radical (unpaired) electrons. The van der Waals surface area contributed by atoms with Gasteiger partial charge in [-0.15, -0.1) is 24.8 Å². The summed E-state index contributed by atoms with van der Waals surface area (Å²) in [7, 11) is 0. The van der Waals surface area contributed by atoms with E-state index in [1.54, 1.807) is 0 Å².